The number of para-hydroxylation sites is 1. The lowest BCUT2D eigenvalue weighted by Crippen LogP contribution is -2.12. The molecule has 2 aromatic rings. The van der Waals surface area contributed by atoms with Crippen LogP contribution in [-0.4, -0.2) is 0 Å². The maximum atomic E-state index is 6.12. The van der Waals surface area contributed by atoms with Gasteiger partial charge in [0, 0.05) is 12.1 Å². The van der Waals surface area contributed by atoms with Crippen LogP contribution in [0.5, 0.6) is 0 Å². The molecule has 0 radical (unpaired) electrons. The molecule has 20 heavy (non-hydrogen) atoms. The Hall–Kier alpha value is -1.89. The number of hydrogen-bond donors (Lipinski definition) is 0. The number of allylic oxidation sites excluding steroid dienone is 4. The van der Waals surface area contributed by atoms with E-state index in [0.717, 1.165) is 24.2 Å². The van der Waals surface area contributed by atoms with Crippen LogP contribution in [0.4, 0.5) is 0 Å². The normalized spacial score (nSPS) is 15.4. The molecular formula is C19H21O+. The van der Waals surface area contributed by atoms with Crippen LogP contribution in [-0.2, 0) is 5.41 Å². The van der Waals surface area contributed by atoms with Gasteiger partial charge in [-0.2, -0.15) is 0 Å². The first-order chi connectivity index (χ1) is 9.55. The summed E-state index contributed by atoms with van der Waals surface area (Å²) in [5.41, 5.74) is 3.61. The third-order valence-electron chi connectivity index (χ3n) is 3.76. The molecule has 0 amide bonds. The van der Waals surface area contributed by atoms with E-state index in [9.17, 15) is 0 Å². The summed E-state index contributed by atoms with van der Waals surface area (Å²) in [6, 6.07) is 10.5. The summed E-state index contributed by atoms with van der Waals surface area (Å²) in [4.78, 5) is 0. The van der Waals surface area contributed by atoms with Gasteiger partial charge in [-0.1, -0.05) is 45.1 Å². The van der Waals surface area contributed by atoms with Crippen LogP contribution in [0, 0.1) is 0 Å². The third kappa shape index (κ3) is 2.40. The Morgan fingerprint density at radius 1 is 1.05 bits per heavy atom. The number of benzene rings is 1. The van der Waals surface area contributed by atoms with E-state index in [1.807, 2.05) is 6.07 Å². The van der Waals surface area contributed by atoms with E-state index in [2.05, 4.69) is 63.3 Å². The van der Waals surface area contributed by atoms with Crippen molar-refractivity contribution < 1.29 is 4.42 Å². The smallest absolute Gasteiger partial charge is 0.207 e. The van der Waals surface area contributed by atoms with Gasteiger partial charge < -0.3 is 0 Å². The highest BCUT2D eigenvalue weighted by atomic mass is 16.3. The molecule has 0 spiro atoms. The van der Waals surface area contributed by atoms with Gasteiger partial charge in [0.1, 0.15) is 0 Å². The van der Waals surface area contributed by atoms with Crippen molar-refractivity contribution in [2.24, 2.45) is 0 Å². The molecule has 102 valence electrons. The summed E-state index contributed by atoms with van der Waals surface area (Å²) < 4.78 is 6.12. The lowest BCUT2D eigenvalue weighted by Gasteiger charge is -2.19. The molecule has 1 aliphatic rings. The summed E-state index contributed by atoms with van der Waals surface area (Å²) in [7, 11) is 0. The van der Waals surface area contributed by atoms with Gasteiger partial charge in [-0.25, -0.2) is 4.42 Å². The Morgan fingerprint density at radius 3 is 2.55 bits per heavy atom. The van der Waals surface area contributed by atoms with Gasteiger partial charge in [0.05, 0.1) is 11.0 Å². The highest BCUT2D eigenvalue weighted by Crippen LogP contribution is 2.34. The molecular weight excluding hydrogens is 244 g/mol. The highest BCUT2D eigenvalue weighted by molar-refractivity contribution is 5.84. The lowest BCUT2D eigenvalue weighted by atomic mass is 9.84. The SMILES string of the molecule is CC(C)(C)c1cc(C2=CCCC=C2)[o+]c2ccccc12. The number of rotatable bonds is 1. The van der Waals surface area contributed by atoms with Crippen molar-refractivity contribution in [2.45, 2.75) is 39.0 Å². The third-order valence-corrected chi connectivity index (χ3v) is 3.76. The average Bonchev–Trinajstić information content (AvgIpc) is 2.46. The maximum Gasteiger partial charge on any atom is 0.361 e. The minimum absolute atomic E-state index is 0.101. The molecule has 0 fully saturated rings. The second kappa shape index (κ2) is 4.90. The van der Waals surface area contributed by atoms with Crippen LogP contribution < -0.4 is 0 Å². The number of fused-ring (bicyclic) bond motifs is 1. The van der Waals surface area contributed by atoms with Gasteiger partial charge in [-0.15, -0.1) is 0 Å². The zero-order chi connectivity index (χ0) is 14.2. The van der Waals surface area contributed by atoms with Gasteiger partial charge in [0.15, 0.2) is 0 Å². The molecule has 0 saturated heterocycles. The monoisotopic (exact) mass is 265 g/mol. The van der Waals surface area contributed by atoms with E-state index < -0.39 is 0 Å². The predicted molar refractivity (Wildman–Crippen MR) is 85.7 cm³/mol. The van der Waals surface area contributed by atoms with Crippen LogP contribution in [0.25, 0.3) is 16.5 Å². The average molecular weight is 265 g/mol. The fraction of sp³-hybridized carbons (Fsp3) is 0.316. The highest BCUT2D eigenvalue weighted by Gasteiger charge is 2.26. The van der Waals surface area contributed by atoms with Crippen molar-refractivity contribution in [3.05, 3.63) is 59.9 Å². The van der Waals surface area contributed by atoms with E-state index in [1.165, 1.54) is 16.5 Å². The van der Waals surface area contributed by atoms with Gasteiger partial charge in [-0.05, 0) is 36.0 Å². The van der Waals surface area contributed by atoms with E-state index in [0.29, 0.717) is 0 Å². The molecule has 1 nitrogen and oxygen atoms in total. The van der Waals surface area contributed by atoms with Gasteiger partial charge >= 0.3 is 11.3 Å². The second-order valence-corrected chi connectivity index (χ2v) is 6.41. The molecule has 3 rings (SSSR count). The fourth-order valence-electron chi connectivity index (χ4n) is 2.69. The van der Waals surface area contributed by atoms with Crippen LogP contribution >= 0.6 is 0 Å². The van der Waals surface area contributed by atoms with Crippen LogP contribution in [0.1, 0.15) is 44.9 Å². The van der Waals surface area contributed by atoms with Gasteiger partial charge in [0.2, 0.25) is 0 Å². The van der Waals surface area contributed by atoms with E-state index in [-0.39, 0.29) is 5.41 Å². The quantitative estimate of drug-likeness (QED) is 0.598. The molecule has 0 bridgehead atoms. The molecule has 1 heteroatoms. The molecule has 0 aliphatic heterocycles. The van der Waals surface area contributed by atoms with Gasteiger partial charge in [0.25, 0.3) is 0 Å². The van der Waals surface area contributed by atoms with Crippen molar-refractivity contribution in [3.8, 4) is 0 Å². The van der Waals surface area contributed by atoms with Crippen molar-refractivity contribution in [1.29, 1.82) is 0 Å². The van der Waals surface area contributed by atoms with Crippen LogP contribution in [0.2, 0.25) is 0 Å². The molecule has 1 aliphatic carbocycles. The Morgan fingerprint density at radius 2 is 1.85 bits per heavy atom. The Kier molecular flexibility index (Phi) is 3.21. The summed E-state index contributed by atoms with van der Waals surface area (Å²) in [6.07, 6.45) is 8.88. The molecule has 1 heterocycles. The van der Waals surface area contributed by atoms with Crippen LogP contribution in [0.3, 0.4) is 0 Å². The fourth-order valence-corrected chi connectivity index (χ4v) is 2.69. The van der Waals surface area contributed by atoms with E-state index in [1.54, 1.807) is 0 Å². The second-order valence-electron chi connectivity index (χ2n) is 6.41. The molecule has 0 unspecified atom stereocenters. The molecule has 0 saturated carbocycles. The Balaban J connectivity index is 2.25. The van der Waals surface area contributed by atoms with E-state index >= 15 is 0 Å². The minimum Gasteiger partial charge on any atom is -0.207 e. The zero-order valence-corrected chi connectivity index (χ0v) is 12.4. The molecule has 1 aromatic carbocycles. The van der Waals surface area contributed by atoms with Gasteiger partial charge in [-0.3, -0.25) is 0 Å². The largest absolute Gasteiger partial charge is 0.361 e. The summed E-state index contributed by atoms with van der Waals surface area (Å²) in [6.45, 7) is 6.76. The standard InChI is InChI=1S/C19H21O/c1-19(2,3)16-13-18(14-9-5-4-6-10-14)20-17-12-8-7-11-15(16)17/h5,7-13H,4,6H2,1-3H3/q+1. The molecule has 0 atom stereocenters. The first-order valence-electron chi connectivity index (χ1n) is 7.29. The van der Waals surface area contributed by atoms with Crippen molar-refractivity contribution in [2.75, 3.05) is 0 Å². The Labute approximate surface area is 120 Å². The first-order valence-corrected chi connectivity index (χ1v) is 7.29. The predicted octanol–water partition coefficient (Wildman–Crippen LogP) is 5.74. The summed E-state index contributed by atoms with van der Waals surface area (Å²) in [5.74, 6) is 0.976. The lowest BCUT2D eigenvalue weighted by molar-refractivity contribution is 0.559. The van der Waals surface area contributed by atoms with Crippen molar-refractivity contribution >= 4 is 16.5 Å². The summed E-state index contributed by atoms with van der Waals surface area (Å²) in [5, 5.41) is 1.21. The Bertz CT molecular complexity index is 699. The maximum absolute atomic E-state index is 6.12. The molecule has 0 N–H and O–H groups in total. The minimum atomic E-state index is 0.101. The first kappa shape index (κ1) is 13.1. The molecule has 1 aromatic heterocycles. The van der Waals surface area contributed by atoms with Crippen molar-refractivity contribution in [3.63, 3.8) is 0 Å². The zero-order valence-electron chi connectivity index (χ0n) is 12.4. The number of hydrogen-bond acceptors (Lipinski definition) is 0. The van der Waals surface area contributed by atoms with E-state index in [4.69, 9.17) is 4.42 Å². The van der Waals surface area contributed by atoms with Crippen molar-refractivity contribution in [1.82, 2.24) is 0 Å². The topological polar surface area (TPSA) is 11.3 Å². The summed E-state index contributed by atoms with van der Waals surface area (Å²) >= 11 is 0. The van der Waals surface area contributed by atoms with Crippen LogP contribution in [0.15, 0.2) is 53.0 Å².